The van der Waals surface area contributed by atoms with Crippen LogP contribution >= 0.6 is 11.3 Å². The lowest BCUT2D eigenvalue weighted by Gasteiger charge is -1.90. The molecule has 0 spiro atoms. The Kier molecular flexibility index (Phi) is 2.31. The Bertz CT molecular complexity index is 309. The lowest BCUT2D eigenvalue weighted by atomic mass is 10.2. The summed E-state index contributed by atoms with van der Waals surface area (Å²) in [5.74, 6) is -0.391. The Morgan fingerprint density at radius 1 is 1.31 bits per heavy atom. The van der Waals surface area contributed by atoms with Gasteiger partial charge in [0.05, 0.1) is 5.69 Å². The topological polar surface area (TPSA) is 56.0 Å². The molecule has 70 valence electrons. The van der Waals surface area contributed by atoms with Crippen LogP contribution in [0.5, 0.6) is 0 Å². The van der Waals surface area contributed by atoms with E-state index in [9.17, 15) is 4.79 Å². The quantitative estimate of drug-likeness (QED) is 0.692. The predicted molar refractivity (Wildman–Crippen MR) is 51.9 cm³/mol. The third-order valence-corrected chi connectivity index (χ3v) is 3.48. The van der Waals surface area contributed by atoms with Crippen molar-refractivity contribution in [1.29, 1.82) is 0 Å². The second-order valence-electron chi connectivity index (χ2n) is 3.31. The third kappa shape index (κ3) is 1.72. The summed E-state index contributed by atoms with van der Waals surface area (Å²) in [5, 5.41) is 0.479. The smallest absolute Gasteiger partial charge is 0.277 e. The maximum absolute atomic E-state index is 10.9. The summed E-state index contributed by atoms with van der Waals surface area (Å²) in [6.07, 6.45) is 5.76. The van der Waals surface area contributed by atoms with Gasteiger partial charge in [-0.2, -0.15) is 0 Å². The number of amides is 1. The fourth-order valence-corrected chi connectivity index (χ4v) is 2.64. The summed E-state index contributed by atoms with van der Waals surface area (Å²) >= 11 is 1.47. The van der Waals surface area contributed by atoms with Gasteiger partial charge in [-0.25, -0.2) is 4.98 Å². The number of hydrogen-bond donors (Lipinski definition) is 1. The molecule has 3 nitrogen and oxygen atoms in total. The van der Waals surface area contributed by atoms with Crippen molar-refractivity contribution < 1.29 is 4.79 Å². The van der Waals surface area contributed by atoms with Gasteiger partial charge in [0.25, 0.3) is 5.91 Å². The highest BCUT2D eigenvalue weighted by Gasteiger charge is 2.15. The van der Waals surface area contributed by atoms with Crippen LogP contribution in [-0.2, 0) is 12.8 Å². The standard InChI is InChI=1S/C9H12N2OS/c10-8(12)9-11-6-4-2-1-3-5-7(6)13-9/h1-5H2,(H2,10,12). The number of carbonyl (C=O) groups excluding carboxylic acids is 1. The van der Waals surface area contributed by atoms with Crippen molar-refractivity contribution in [3.63, 3.8) is 0 Å². The molecule has 0 unspecified atom stereocenters. The van der Waals surface area contributed by atoms with Gasteiger partial charge in [-0.05, 0) is 25.7 Å². The normalized spacial score (nSPS) is 16.3. The number of fused-ring (bicyclic) bond motifs is 1. The average molecular weight is 196 g/mol. The molecule has 0 bridgehead atoms. The summed E-state index contributed by atoms with van der Waals surface area (Å²) < 4.78 is 0. The molecule has 0 saturated carbocycles. The number of carbonyl (C=O) groups is 1. The van der Waals surface area contributed by atoms with Crippen molar-refractivity contribution in [2.45, 2.75) is 32.1 Å². The summed E-state index contributed by atoms with van der Waals surface area (Å²) in [7, 11) is 0. The van der Waals surface area contributed by atoms with E-state index >= 15 is 0 Å². The van der Waals surface area contributed by atoms with Crippen molar-refractivity contribution in [3.05, 3.63) is 15.6 Å². The van der Waals surface area contributed by atoms with Gasteiger partial charge in [-0.1, -0.05) is 6.42 Å². The first kappa shape index (κ1) is 8.69. The molecule has 2 N–H and O–H groups in total. The van der Waals surface area contributed by atoms with Gasteiger partial charge in [0, 0.05) is 4.88 Å². The number of rotatable bonds is 1. The largest absolute Gasteiger partial charge is 0.364 e. The second-order valence-corrected chi connectivity index (χ2v) is 4.40. The molecule has 0 aromatic carbocycles. The molecule has 13 heavy (non-hydrogen) atoms. The molecule has 4 heteroatoms. The first-order chi connectivity index (χ1) is 6.27. The molecule has 1 aromatic rings. The van der Waals surface area contributed by atoms with E-state index in [1.807, 2.05) is 0 Å². The van der Waals surface area contributed by atoms with Gasteiger partial charge in [0.15, 0.2) is 5.01 Å². The molecule has 1 amide bonds. The van der Waals surface area contributed by atoms with E-state index in [1.165, 1.54) is 35.5 Å². The van der Waals surface area contributed by atoms with Gasteiger partial charge in [0.2, 0.25) is 0 Å². The van der Waals surface area contributed by atoms with Crippen molar-refractivity contribution in [2.75, 3.05) is 0 Å². The lowest BCUT2D eigenvalue weighted by molar-refractivity contribution is 0.1000. The molecule has 0 fully saturated rings. The zero-order chi connectivity index (χ0) is 9.26. The predicted octanol–water partition coefficient (Wildman–Crippen LogP) is 1.51. The zero-order valence-corrected chi connectivity index (χ0v) is 8.19. The maximum Gasteiger partial charge on any atom is 0.277 e. The molecule has 0 saturated heterocycles. The molecule has 1 aromatic heterocycles. The fraction of sp³-hybridized carbons (Fsp3) is 0.556. The monoisotopic (exact) mass is 196 g/mol. The number of primary amides is 1. The van der Waals surface area contributed by atoms with E-state index in [-0.39, 0.29) is 0 Å². The minimum Gasteiger partial charge on any atom is -0.364 e. The number of nitrogens with zero attached hydrogens (tertiary/aromatic N) is 1. The zero-order valence-electron chi connectivity index (χ0n) is 7.38. The highest BCUT2D eigenvalue weighted by Crippen LogP contribution is 2.25. The van der Waals surface area contributed by atoms with E-state index in [0.717, 1.165) is 18.5 Å². The number of thiazole rings is 1. The molecule has 0 radical (unpaired) electrons. The first-order valence-corrected chi connectivity index (χ1v) is 5.37. The van der Waals surface area contributed by atoms with Crippen LogP contribution < -0.4 is 5.73 Å². The fourth-order valence-electron chi connectivity index (χ4n) is 1.63. The van der Waals surface area contributed by atoms with Gasteiger partial charge >= 0.3 is 0 Å². The van der Waals surface area contributed by atoms with Crippen LogP contribution in [0.3, 0.4) is 0 Å². The van der Waals surface area contributed by atoms with Crippen molar-refractivity contribution in [3.8, 4) is 0 Å². The van der Waals surface area contributed by atoms with Crippen LogP contribution in [0.1, 0.15) is 39.6 Å². The summed E-state index contributed by atoms with van der Waals surface area (Å²) in [5.41, 5.74) is 6.28. The number of aryl methyl sites for hydroxylation is 2. The van der Waals surface area contributed by atoms with Crippen LogP contribution in [0, 0.1) is 0 Å². The molecule has 2 rings (SSSR count). The summed E-state index contributed by atoms with van der Waals surface area (Å²) in [6.45, 7) is 0. The first-order valence-electron chi connectivity index (χ1n) is 4.56. The SMILES string of the molecule is NC(=O)c1nc2c(s1)CCCCC2. The van der Waals surface area contributed by atoms with Gasteiger partial charge in [0.1, 0.15) is 0 Å². The van der Waals surface area contributed by atoms with Gasteiger partial charge in [-0.3, -0.25) is 4.79 Å². The number of hydrogen-bond acceptors (Lipinski definition) is 3. The van der Waals surface area contributed by atoms with Crippen LogP contribution in [0.25, 0.3) is 0 Å². The van der Waals surface area contributed by atoms with Gasteiger partial charge < -0.3 is 5.73 Å². The molecule has 0 aliphatic heterocycles. The molecule has 0 atom stereocenters. The second kappa shape index (κ2) is 3.46. The number of aromatic nitrogens is 1. The Balaban J connectivity index is 2.32. The molecular weight excluding hydrogens is 184 g/mol. The van der Waals surface area contributed by atoms with E-state index in [2.05, 4.69) is 4.98 Å². The summed E-state index contributed by atoms with van der Waals surface area (Å²) in [4.78, 5) is 16.4. The molecule has 1 aliphatic rings. The van der Waals surface area contributed by atoms with E-state index < -0.39 is 5.91 Å². The Hall–Kier alpha value is -0.900. The molecule has 1 aliphatic carbocycles. The minimum absolute atomic E-state index is 0.391. The van der Waals surface area contributed by atoms with Crippen molar-refractivity contribution >= 4 is 17.2 Å². The van der Waals surface area contributed by atoms with Crippen molar-refractivity contribution in [2.24, 2.45) is 5.73 Å². The van der Waals surface area contributed by atoms with Crippen molar-refractivity contribution in [1.82, 2.24) is 4.98 Å². The third-order valence-electron chi connectivity index (χ3n) is 2.31. The maximum atomic E-state index is 10.9. The van der Waals surface area contributed by atoms with Crippen LogP contribution in [0.4, 0.5) is 0 Å². The van der Waals surface area contributed by atoms with E-state index in [4.69, 9.17) is 5.73 Å². The van der Waals surface area contributed by atoms with Gasteiger partial charge in [-0.15, -0.1) is 11.3 Å². The summed E-state index contributed by atoms with van der Waals surface area (Å²) in [6, 6.07) is 0. The Morgan fingerprint density at radius 2 is 2.08 bits per heavy atom. The average Bonchev–Trinajstić information content (AvgIpc) is 2.38. The van der Waals surface area contributed by atoms with Crippen LogP contribution in [0.2, 0.25) is 0 Å². The lowest BCUT2D eigenvalue weighted by Crippen LogP contribution is -2.10. The number of nitrogens with two attached hydrogens (primary N) is 1. The van der Waals surface area contributed by atoms with Crippen LogP contribution in [0.15, 0.2) is 0 Å². The van der Waals surface area contributed by atoms with Crippen LogP contribution in [-0.4, -0.2) is 10.9 Å². The Morgan fingerprint density at radius 3 is 2.85 bits per heavy atom. The molecular formula is C9H12N2OS. The van der Waals surface area contributed by atoms with E-state index in [0.29, 0.717) is 5.01 Å². The highest BCUT2D eigenvalue weighted by atomic mass is 32.1. The highest BCUT2D eigenvalue weighted by molar-refractivity contribution is 7.13. The minimum atomic E-state index is -0.391. The molecule has 1 heterocycles. The Labute approximate surface area is 81.0 Å². The van der Waals surface area contributed by atoms with E-state index in [1.54, 1.807) is 0 Å².